The summed E-state index contributed by atoms with van der Waals surface area (Å²) < 4.78 is 0. The maximum Gasteiger partial charge on any atom is 0.00891 e. The van der Waals surface area contributed by atoms with Crippen LogP contribution in [0.15, 0.2) is 24.3 Å². The van der Waals surface area contributed by atoms with Gasteiger partial charge < -0.3 is 4.90 Å². The molecule has 0 N–H and O–H groups in total. The third-order valence-electron chi connectivity index (χ3n) is 6.11. The van der Waals surface area contributed by atoms with Crippen molar-refractivity contribution in [2.75, 3.05) is 14.1 Å². The maximum absolute atomic E-state index is 2.45. The van der Waals surface area contributed by atoms with Gasteiger partial charge in [-0.2, -0.15) is 0 Å². The van der Waals surface area contributed by atoms with Gasteiger partial charge in [0.05, 0.1) is 0 Å². The van der Waals surface area contributed by atoms with Crippen LogP contribution in [0.1, 0.15) is 136 Å². The number of hydrogen-bond donors (Lipinski definition) is 0. The van der Waals surface area contributed by atoms with Gasteiger partial charge >= 0.3 is 0 Å². The lowest BCUT2D eigenvalue weighted by Gasteiger charge is -2.24. The van der Waals surface area contributed by atoms with Crippen LogP contribution in [0.25, 0.3) is 0 Å². The normalized spacial score (nSPS) is 13.3. The van der Waals surface area contributed by atoms with Gasteiger partial charge in [0, 0.05) is 6.04 Å². The van der Waals surface area contributed by atoms with Crippen molar-refractivity contribution < 1.29 is 0 Å². The monoisotopic (exact) mass is 405 g/mol. The van der Waals surface area contributed by atoms with Crippen molar-refractivity contribution in [3.63, 3.8) is 0 Å². The maximum atomic E-state index is 2.45. The highest BCUT2D eigenvalue weighted by Crippen LogP contribution is 2.16. The summed E-state index contributed by atoms with van der Waals surface area (Å²) in [6.07, 6.45) is 35.5. The molecule has 0 aromatic carbocycles. The smallest absolute Gasteiger partial charge is 0.00891 e. The largest absolute Gasteiger partial charge is 0.306 e. The summed E-state index contributed by atoms with van der Waals surface area (Å²) in [6, 6.07) is 0.809. The van der Waals surface area contributed by atoms with E-state index < -0.39 is 0 Å². The molecule has 0 aromatic heterocycles. The van der Waals surface area contributed by atoms with Crippen molar-refractivity contribution in [3.05, 3.63) is 24.3 Å². The van der Waals surface area contributed by atoms with Crippen LogP contribution in [0.5, 0.6) is 0 Å². The first-order chi connectivity index (χ1) is 14.2. The Morgan fingerprint density at radius 3 is 1.45 bits per heavy atom. The first-order valence-corrected chi connectivity index (χ1v) is 13.2. The summed E-state index contributed by atoms with van der Waals surface area (Å²) >= 11 is 0. The second-order valence-electron chi connectivity index (χ2n) is 9.19. The van der Waals surface area contributed by atoms with Crippen LogP contribution in [0, 0.1) is 0 Å². The van der Waals surface area contributed by atoms with E-state index in [1.807, 2.05) is 0 Å². The molecule has 0 saturated carbocycles. The number of hydrogen-bond acceptors (Lipinski definition) is 1. The van der Waals surface area contributed by atoms with Gasteiger partial charge in [0.1, 0.15) is 0 Å². The fraction of sp³-hybridized carbons (Fsp3) is 0.857. The first kappa shape index (κ1) is 28.4. The number of unbranched alkanes of at least 4 members (excludes halogenated alkanes) is 13. The lowest BCUT2D eigenvalue weighted by atomic mass is 10.00. The van der Waals surface area contributed by atoms with Crippen LogP contribution in [0.3, 0.4) is 0 Å². The van der Waals surface area contributed by atoms with Crippen LogP contribution in [-0.4, -0.2) is 25.0 Å². The molecule has 0 amide bonds. The molecule has 1 heteroatoms. The van der Waals surface area contributed by atoms with Crippen LogP contribution < -0.4 is 0 Å². The minimum Gasteiger partial charge on any atom is -0.306 e. The van der Waals surface area contributed by atoms with E-state index in [-0.39, 0.29) is 0 Å². The molecule has 0 heterocycles. The first-order valence-electron chi connectivity index (χ1n) is 13.2. The van der Waals surface area contributed by atoms with Gasteiger partial charge in [-0.3, -0.25) is 0 Å². The highest BCUT2D eigenvalue weighted by atomic mass is 15.1. The summed E-state index contributed by atoms with van der Waals surface area (Å²) in [5.41, 5.74) is 0. The predicted octanol–water partition coefficient (Wildman–Crippen LogP) is 9.48. The zero-order chi connectivity index (χ0) is 21.4. The molecule has 0 aliphatic heterocycles. The van der Waals surface area contributed by atoms with E-state index in [4.69, 9.17) is 0 Å². The third-order valence-corrected chi connectivity index (χ3v) is 6.11. The molecule has 29 heavy (non-hydrogen) atoms. The second kappa shape index (κ2) is 23.7. The van der Waals surface area contributed by atoms with Crippen molar-refractivity contribution in [3.8, 4) is 0 Å². The van der Waals surface area contributed by atoms with Gasteiger partial charge in [-0.1, -0.05) is 115 Å². The molecule has 0 radical (unpaired) electrons. The molecule has 0 aliphatic rings. The lowest BCUT2D eigenvalue weighted by Crippen LogP contribution is -2.27. The van der Waals surface area contributed by atoms with Crippen LogP contribution in [0.2, 0.25) is 0 Å². The molecular formula is C28H55N. The summed E-state index contributed by atoms with van der Waals surface area (Å²) in [6.45, 7) is 4.58. The molecular weight excluding hydrogens is 350 g/mol. The zero-order valence-electron chi connectivity index (χ0n) is 20.8. The molecule has 0 fully saturated rings. The quantitative estimate of drug-likeness (QED) is 0.128. The Kier molecular flexibility index (Phi) is 23.3. The van der Waals surface area contributed by atoms with E-state index in [1.165, 1.54) is 116 Å². The SMILES string of the molecule is CCCCCC/C=C\CC=CCCCCCCCCCC(CCCCC)N(C)C. The van der Waals surface area contributed by atoms with Gasteiger partial charge in [-0.05, 0) is 59.0 Å². The van der Waals surface area contributed by atoms with E-state index in [0.29, 0.717) is 0 Å². The Bertz CT molecular complexity index is 355. The molecule has 0 saturated heterocycles. The van der Waals surface area contributed by atoms with E-state index in [2.05, 4.69) is 57.1 Å². The minimum absolute atomic E-state index is 0.809. The van der Waals surface area contributed by atoms with Gasteiger partial charge in [0.15, 0.2) is 0 Å². The third kappa shape index (κ3) is 22.0. The van der Waals surface area contributed by atoms with Crippen LogP contribution in [-0.2, 0) is 0 Å². The molecule has 172 valence electrons. The molecule has 0 bridgehead atoms. The van der Waals surface area contributed by atoms with Crippen LogP contribution in [0.4, 0.5) is 0 Å². The molecule has 1 unspecified atom stereocenters. The summed E-state index contributed by atoms with van der Waals surface area (Å²) in [4.78, 5) is 2.45. The van der Waals surface area contributed by atoms with Crippen LogP contribution >= 0.6 is 0 Å². The molecule has 1 nitrogen and oxygen atoms in total. The standard InChI is InChI=1S/C28H55N/c1-5-7-9-10-11-12-13-14-15-16-17-18-19-20-21-22-23-25-27-28(29(3)4)26-24-8-6-2/h12-13,15-16,28H,5-11,14,17-27H2,1-4H3/b13-12-,16-15?. The van der Waals surface area contributed by atoms with E-state index in [0.717, 1.165) is 12.5 Å². The Balaban J connectivity index is 3.38. The molecule has 0 rings (SSSR count). The number of nitrogens with zero attached hydrogens (tertiary/aromatic N) is 1. The molecule has 1 atom stereocenters. The average molecular weight is 406 g/mol. The summed E-state index contributed by atoms with van der Waals surface area (Å²) in [5.74, 6) is 0. The highest BCUT2D eigenvalue weighted by Gasteiger charge is 2.10. The van der Waals surface area contributed by atoms with Crippen molar-refractivity contribution in [1.29, 1.82) is 0 Å². The predicted molar refractivity (Wildman–Crippen MR) is 135 cm³/mol. The number of rotatable bonds is 22. The van der Waals surface area contributed by atoms with Crippen molar-refractivity contribution in [2.45, 2.75) is 142 Å². The highest BCUT2D eigenvalue weighted by molar-refractivity contribution is 4.92. The van der Waals surface area contributed by atoms with Crippen molar-refractivity contribution >= 4 is 0 Å². The fourth-order valence-corrected chi connectivity index (χ4v) is 4.01. The minimum atomic E-state index is 0.809. The Morgan fingerprint density at radius 1 is 0.517 bits per heavy atom. The molecule has 0 aliphatic carbocycles. The summed E-state index contributed by atoms with van der Waals surface area (Å²) in [7, 11) is 4.52. The number of allylic oxidation sites excluding steroid dienone is 4. The van der Waals surface area contributed by atoms with Gasteiger partial charge in [0.2, 0.25) is 0 Å². The molecule has 0 spiro atoms. The second-order valence-corrected chi connectivity index (χ2v) is 9.19. The lowest BCUT2D eigenvalue weighted by molar-refractivity contribution is 0.252. The van der Waals surface area contributed by atoms with Crippen molar-refractivity contribution in [2.24, 2.45) is 0 Å². The molecule has 0 aromatic rings. The van der Waals surface area contributed by atoms with Crippen molar-refractivity contribution in [1.82, 2.24) is 4.90 Å². The van der Waals surface area contributed by atoms with Gasteiger partial charge in [-0.15, -0.1) is 0 Å². The topological polar surface area (TPSA) is 3.24 Å². The Hall–Kier alpha value is -0.560. The zero-order valence-corrected chi connectivity index (χ0v) is 20.8. The van der Waals surface area contributed by atoms with Gasteiger partial charge in [-0.25, -0.2) is 0 Å². The Morgan fingerprint density at radius 2 is 0.931 bits per heavy atom. The fourth-order valence-electron chi connectivity index (χ4n) is 4.01. The van der Waals surface area contributed by atoms with Gasteiger partial charge in [0.25, 0.3) is 0 Å². The van der Waals surface area contributed by atoms with E-state index in [1.54, 1.807) is 0 Å². The van der Waals surface area contributed by atoms with E-state index >= 15 is 0 Å². The van der Waals surface area contributed by atoms with E-state index in [9.17, 15) is 0 Å². The average Bonchev–Trinajstić information content (AvgIpc) is 2.71. The Labute approximate surface area is 185 Å². The summed E-state index contributed by atoms with van der Waals surface area (Å²) in [5, 5.41) is 0.